The van der Waals surface area contributed by atoms with Gasteiger partial charge in [0.15, 0.2) is 0 Å². The summed E-state index contributed by atoms with van der Waals surface area (Å²) in [6, 6.07) is 15.0. The summed E-state index contributed by atoms with van der Waals surface area (Å²) in [4.78, 5) is 2.22. The van der Waals surface area contributed by atoms with Gasteiger partial charge in [-0.05, 0) is 18.4 Å². The molecule has 0 amide bonds. The molecule has 0 fully saturated rings. The molecule has 2 N–H and O–H groups in total. The van der Waals surface area contributed by atoms with Crippen molar-refractivity contribution in [2.24, 2.45) is 5.73 Å². The molecule has 84 valence electrons. The minimum absolute atomic E-state index is 0.184. The number of fused-ring (bicyclic) bond motifs is 1. The van der Waals surface area contributed by atoms with Crippen LogP contribution < -0.4 is 10.6 Å². The molecule has 16 heavy (non-hydrogen) atoms. The zero-order chi connectivity index (χ0) is 11.5. The number of nitrogens with two attached hydrogens (primary N) is 1. The topological polar surface area (TPSA) is 29.3 Å². The summed E-state index contributed by atoms with van der Waals surface area (Å²) in [6.07, 6.45) is 0. The SMILES string of the molecule is CC(N)CN(C)c1cccc2ccccc12. The van der Waals surface area contributed by atoms with E-state index in [0.29, 0.717) is 0 Å². The zero-order valence-electron chi connectivity index (χ0n) is 9.85. The predicted molar refractivity (Wildman–Crippen MR) is 70.9 cm³/mol. The molecule has 0 saturated heterocycles. The van der Waals surface area contributed by atoms with Gasteiger partial charge in [0.25, 0.3) is 0 Å². The first-order valence-corrected chi connectivity index (χ1v) is 5.63. The molecule has 2 aromatic rings. The largest absolute Gasteiger partial charge is 0.373 e. The van der Waals surface area contributed by atoms with E-state index in [0.717, 1.165) is 6.54 Å². The minimum Gasteiger partial charge on any atom is -0.373 e. The summed E-state index contributed by atoms with van der Waals surface area (Å²) in [5.74, 6) is 0. The third kappa shape index (κ3) is 2.17. The molecule has 1 unspecified atom stereocenters. The van der Waals surface area contributed by atoms with Gasteiger partial charge in [0.05, 0.1) is 0 Å². The van der Waals surface area contributed by atoms with E-state index in [2.05, 4.69) is 54.4 Å². The number of rotatable bonds is 3. The molecule has 0 aliphatic heterocycles. The van der Waals surface area contributed by atoms with E-state index < -0.39 is 0 Å². The second-order valence-corrected chi connectivity index (χ2v) is 4.36. The van der Waals surface area contributed by atoms with Crippen molar-refractivity contribution in [2.45, 2.75) is 13.0 Å². The van der Waals surface area contributed by atoms with Crippen molar-refractivity contribution in [2.75, 3.05) is 18.5 Å². The second kappa shape index (κ2) is 4.54. The van der Waals surface area contributed by atoms with Gasteiger partial charge in [0.2, 0.25) is 0 Å². The first kappa shape index (κ1) is 11.0. The Kier molecular flexibility index (Phi) is 3.11. The highest BCUT2D eigenvalue weighted by atomic mass is 15.1. The maximum atomic E-state index is 5.83. The molecule has 2 aromatic carbocycles. The summed E-state index contributed by atoms with van der Waals surface area (Å²) in [6.45, 7) is 2.90. The Labute approximate surface area is 96.7 Å². The van der Waals surface area contributed by atoms with Gasteiger partial charge in [-0.3, -0.25) is 0 Å². The quantitative estimate of drug-likeness (QED) is 0.851. The lowest BCUT2D eigenvalue weighted by molar-refractivity contribution is 0.719. The summed E-state index contributed by atoms with van der Waals surface area (Å²) in [7, 11) is 2.09. The van der Waals surface area contributed by atoms with Crippen molar-refractivity contribution in [1.29, 1.82) is 0 Å². The maximum Gasteiger partial charge on any atom is 0.0443 e. The van der Waals surface area contributed by atoms with Crippen LogP contribution in [0.15, 0.2) is 42.5 Å². The Balaban J connectivity index is 2.44. The highest BCUT2D eigenvalue weighted by molar-refractivity contribution is 5.94. The van der Waals surface area contributed by atoms with Gasteiger partial charge in [-0.25, -0.2) is 0 Å². The summed E-state index contributed by atoms with van der Waals surface area (Å²) in [5, 5.41) is 2.56. The third-order valence-corrected chi connectivity index (χ3v) is 2.74. The lowest BCUT2D eigenvalue weighted by Crippen LogP contribution is -2.32. The number of hydrogen-bond donors (Lipinski definition) is 1. The van der Waals surface area contributed by atoms with Crippen LogP contribution in [0.2, 0.25) is 0 Å². The van der Waals surface area contributed by atoms with E-state index in [4.69, 9.17) is 5.73 Å². The van der Waals surface area contributed by atoms with E-state index in [1.807, 2.05) is 6.92 Å². The fourth-order valence-electron chi connectivity index (χ4n) is 2.07. The van der Waals surface area contributed by atoms with Gasteiger partial charge in [-0.15, -0.1) is 0 Å². The van der Waals surface area contributed by atoms with Crippen LogP contribution in [0.5, 0.6) is 0 Å². The van der Waals surface area contributed by atoms with E-state index in [1.165, 1.54) is 16.5 Å². The molecular weight excluding hydrogens is 196 g/mol. The Morgan fingerprint density at radius 3 is 2.56 bits per heavy atom. The lowest BCUT2D eigenvalue weighted by Gasteiger charge is -2.23. The smallest absolute Gasteiger partial charge is 0.0443 e. The van der Waals surface area contributed by atoms with Crippen molar-refractivity contribution in [3.63, 3.8) is 0 Å². The molecule has 0 saturated carbocycles. The van der Waals surface area contributed by atoms with Crippen LogP contribution in [0.1, 0.15) is 6.92 Å². The van der Waals surface area contributed by atoms with E-state index in [9.17, 15) is 0 Å². The standard InChI is InChI=1S/C14H18N2/c1-11(15)10-16(2)14-9-5-7-12-6-3-4-8-13(12)14/h3-9,11H,10,15H2,1-2H3. The first-order valence-electron chi connectivity index (χ1n) is 5.63. The van der Waals surface area contributed by atoms with Gasteiger partial charge < -0.3 is 10.6 Å². The average Bonchev–Trinajstić information content (AvgIpc) is 2.27. The number of benzene rings is 2. The molecule has 0 aromatic heterocycles. The third-order valence-electron chi connectivity index (χ3n) is 2.74. The molecular formula is C14H18N2. The van der Waals surface area contributed by atoms with Crippen molar-refractivity contribution in [3.05, 3.63) is 42.5 Å². The van der Waals surface area contributed by atoms with Crippen molar-refractivity contribution in [1.82, 2.24) is 0 Å². The Morgan fingerprint density at radius 1 is 1.12 bits per heavy atom. The molecule has 0 aliphatic rings. The van der Waals surface area contributed by atoms with Crippen LogP contribution in [0.25, 0.3) is 10.8 Å². The van der Waals surface area contributed by atoms with Gasteiger partial charge in [0, 0.05) is 30.7 Å². The molecule has 1 atom stereocenters. The summed E-state index contributed by atoms with van der Waals surface area (Å²) in [5.41, 5.74) is 7.08. The Hall–Kier alpha value is -1.54. The second-order valence-electron chi connectivity index (χ2n) is 4.36. The van der Waals surface area contributed by atoms with E-state index >= 15 is 0 Å². The number of anilines is 1. The van der Waals surface area contributed by atoms with Gasteiger partial charge in [0.1, 0.15) is 0 Å². The fraction of sp³-hybridized carbons (Fsp3) is 0.286. The molecule has 0 spiro atoms. The van der Waals surface area contributed by atoms with Crippen LogP contribution in [0, 0.1) is 0 Å². The van der Waals surface area contributed by atoms with Gasteiger partial charge in [-0.1, -0.05) is 36.4 Å². The van der Waals surface area contributed by atoms with Gasteiger partial charge >= 0.3 is 0 Å². The maximum absolute atomic E-state index is 5.83. The molecule has 0 radical (unpaired) electrons. The van der Waals surface area contributed by atoms with Crippen molar-refractivity contribution < 1.29 is 0 Å². The van der Waals surface area contributed by atoms with E-state index in [-0.39, 0.29) is 6.04 Å². The summed E-state index contributed by atoms with van der Waals surface area (Å²) >= 11 is 0. The molecule has 2 nitrogen and oxygen atoms in total. The molecule has 0 bridgehead atoms. The Morgan fingerprint density at radius 2 is 1.81 bits per heavy atom. The van der Waals surface area contributed by atoms with E-state index in [1.54, 1.807) is 0 Å². The zero-order valence-corrected chi connectivity index (χ0v) is 9.85. The minimum atomic E-state index is 0.184. The highest BCUT2D eigenvalue weighted by Gasteiger charge is 2.06. The Bertz CT molecular complexity index is 472. The molecule has 0 aliphatic carbocycles. The van der Waals surface area contributed by atoms with Crippen LogP contribution in [0.3, 0.4) is 0 Å². The first-order chi connectivity index (χ1) is 7.68. The predicted octanol–water partition coefficient (Wildman–Crippen LogP) is 2.62. The number of nitrogens with zero attached hydrogens (tertiary/aromatic N) is 1. The van der Waals surface area contributed by atoms with Gasteiger partial charge in [-0.2, -0.15) is 0 Å². The van der Waals surface area contributed by atoms with Crippen LogP contribution in [-0.2, 0) is 0 Å². The average molecular weight is 214 g/mol. The highest BCUT2D eigenvalue weighted by Crippen LogP contribution is 2.25. The van der Waals surface area contributed by atoms with Crippen molar-refractivity contribution in [3.8, 4) is 0 Å². The van der Waals surface area contributed by atoms with Crippen LogP contribution in [0.4, 0.5) is 5.69 Å². The number of likely N-dealkylation sites (N-methyl/N-ethyl adjacent to an activating group) is 1. The van der Waals surface area contributed by atoms with Crippen LogP contribution >= 0.6 is 0 Å². The fourth-order valence-corrected chi connectivity index (χ4v) is 2.07. The lowest BCUT2D eigenvalue weighted by atomic mass is 10.1. The number of hydrogen-bond acceptors (Lipinski definition) is 2. The molecule has 2 heteroatoms. The van der Waals surface area contributed by atoms with Crippen molar-refractivity contribution >= 4 is 16.5 Å². The monoisotopic (exact) mass is 214 g/mol. The normalized spacial score (nSPS) is 12.7. The molecule has 2 rings (SSSR count). The van der Waals surface area contributed by atoms with Crippen LogP contribution in [-0.4, -0.2) is 19.6 Å². The summed E-state index contributed by atoms with van der Waals surface area (Å²) < 4.78 is 0. The molecule has 0 heterocycles.